The third-order valence-electron chi connectivity index (χ3n) is 4.75. The van der Waals surface area contributed by atoms with Gasteiger partial charge in [0.2, 0.25) is 0 Å². The fourth-order valence-corrected chi connectivity index (χ4v) is 3.13. The second-order valence-corrected chi connectivity index (χ2v) is 6.67. The maximum atomic E-state index is 5.19. The van der Waals surface area contributed by atoms with E-state index >= 15 is 0 Å². The minimum Gasteiger partial charge on any atom is -0.497 e. The van der Waals surface area contributed by atoms with Crippen LogP contribution in [-0.2, 0) is 12.8 Å². The summed E-state index contributed by atoms with van der Waals surface area (Å²) in [5, 5.41) is 0. The first-order valence-electron chi connectivity index (χ1n) is 9.57. The molecule has 0 saturated carbocycles. The molecule has 2 nitrogen and oxygen atoms in total. The van der Waals surface area contributed by atoms with Crippen LogP contribution in [0.2, 0.25) is 0 Å². The molecule has 0 bridgehead atoms. The average Bonchev–Trinajstić information content (AvgIpc) is 2.67. The first-order chi connectivity index (χ1) is 12.3. The Morgan fingerprint density at radius 3 is 1.12 bits per heavy atom. The van der Waals surface area contributed by atoms with Gasteiger partial charge in [-0.3, -0.25) is 0 Å². The lowest BCUT2D eigenvalue weighted by Gasteiger charge is -2.05. The minimum absolute atomic E-state index is 0.943. The molecule has 2 aromatic rings. The molecule has 0 aromatic heterocycles. The number of ether oxygens (including phenoxy) is 2. The molecule has 0 saturated heterocycles. The summed E-state index contributed by atoms with van der Waals surface area (Å²) in [6.45, 7) is 0. The summed E-state index contributed by atoms with van der Waals surface area (Å²) in [6.07, 6.45) is 11.7. The number of hydrogen-bond acceptors (Lipinski definition) is 2. The van der Waals surface area contributed by atoms with Gasteiger partial charge in [0.1, 0.15) is 11.5 Å². The Labute approximate surface area is 153 Å². The SMILES string of the molecule is COc1ccc(CCCCCCCCCc2ccc(OC)cc2)cc1. The van der Waals surface area contributed by atoms with Gasteiger partial charge < -0.3 is 9.47 Å². The van der Waals surface area contributed by atoms with Crippen molar-refractivity contribution >= 4 is 0 Å². The quantitative estimate of drug-likeness (QED) is 0.427. The Hall–Kier alpha value is -1.96. The Morgan fingerprint density at radius 2 is 0.800 bits per heavy atom. The number of hydrogen-bond donors (Lipinski definition) is 0. The lowest BCUT2D eigenvalue weighted by molar-refractivity contribution is 0.414. The number of methoxy groups -OCH3 is 2. The van der Waals surface area contributed by atoms with Gasteiger partial charge >= 0.3 is 0 Å². The summed E-state index contributed by atoms with van der Waals surface area (Å²) in [5.41, 5.74) is 2.83. The average molecular weight is 341 g/mol. The van der Waals surface area contributed by atoms with E-state index in [-0.39, 0.29) is 0 Å². The molecule has 0 unspecified atom stereocenters. The molecule has 0 aliphatic carbocycles. The fraction of sp³-hybridized carbons (Fsp3) is 0.478. The maximum Gasteiger partial charge on any atom is 0.118 e. The van der Waals surface area contributed by atoms with E-state index in [4.69, 9.17) is 9.47 Å². The molecule has 2 rings (SSSR count). The van der Waals surface area contributed by atoms with Crippen LogP contribution in [0.15, 0.2) is 48.5 Å². The monoisotopic (exact) mass is 340 g/mol. The Kier molecular flexibility index (Phi) is 8.96. The molecule has 0 aliphatic heterocycles. The van der Waals surface area contributed by atoms with E-state index in [0.717, 1.165) is 11.5 Å². The van der Waals surface area contributed by atoms with E-state index in [2.05, 4.69) is 48.5 Å². The van der Waals surface area contributed by atoms with Gasteiger partial charge in [-0.1, -0.05) is 56.4 Å². The van der Waals surface area contributed by atoms with E-state index < -0.39 is 0 Å². The highest BCUT2D eigenvalue weighted by molar-refractivity contribution is 5.27. The van der Waals surface area contributed by atoms with Crippen LogP contribution in [0.1, 0.15) is 56.1 Å². The highest BCUT2D eigenvalue weighted by Crippen LogP contribution is 2.16. The molecule has 2 heteroatoms. The Morgan fingerprint density at radius 1 is 0.480 bits per heavy atom. The molecule has 0 radical (unpaired) electrons. The van der Waals surface area contributed by atoms with Crippen LogP contribution in [-0.4, -0.2) is 14.2 Å². The molecule has 0 fully saturated rings. The van der Waals surface area contributed by atoms with Crippen LogP contribution < -0.4 is 9.47 Å². The zero-order valence-corrected chi connectivity index (χ0v) is 15.8. The van der Waals surface area contributed by atoms with Crippen LogP contribution in [0.4, 0.5) is 0 Å². The third-order valence-corrected chi connectivity index (χ3v) is 4.75. The minimum atomic E-state index is 0.943. The zero-order valence-electron chi connectivity index (χ0n) is 15.8. The molecular weight excluding hydrogens is 308 g/mol. The van der Waals surface area contributed by atoms with Gasteiger partial charge in [-0.25, -0.2) is 0 Å². The van der Waals surface area contributed by atoms with E-state index in [1.165, 1.54) is 68.9 Å². The smallest absolute Gasteiger partial charge is 0.118 e. The molecule has 25 heavy (non-hydrogen) atoms. The predicted octanol–water partition coefficient (Wildman–Crippen LogP) is 6.22. The molecule has 0 N–H and O–H groups in total. The van der Waals surface area contributed by atoms with Gasteiger partial charge in [-0.05, 0) is 61.1 Å². The number of benzene rings is 2. The summed E-state index contributed by atoms with van der Waals surface area (Å²) in [7, 11) is 3.43. The van der Waals surface area contributed by atoms with E-state index in [1.807, 2.05) is 0 Å². The molecule has 0 spiro atoms. The fourth-order valence-electron chi connectivity index (χ4n) is 3.13. The Bertz CT molecular complexity index is 519. The van der Waals surface area contributed by atoms with Crippen molar-refractivity contribution in [2.24, 2.45) is 0 Å². The van der Waals surface area contributed by atoms with Crippen molar-refractivity contribution in [2.45, 2.75) is 57.8 Å². The number of unbranched alkanes of at least 4 members (excludes halogenated alkanes) is 6. The highest BCUT2D eigenvalue weighted by Gasteiger charge is 1.97. The molecule has 0 heterocycles. The van der Waals surface area contributed by atoms with Crippen molar-refractivity contribution < 1.29 is 9.47 Å². The van der Waals surface area contributed by atoms with Crippen molar-refractivity contribution in [3.8, 4) is 11.5 Å². The lowest BCUT2D eigenvalue weighted by Crippen LogP contribution is -1.89. The summed E-state index contributed by atoms with van der Waals surface area (Å²) in [4.78, 5) is 0. The van der Waals surface area contributed by atoms with Crippen LogP contribution >= 0.6 is 0 Å². The standard InChI is InChI=1S/C23H32O2/c1-24-22-16-12-20(13-17-22)10-8-6-4-3-5-7-9-11-21-14-18-23(25-2)19-15-21/h12-19H,3-11H2,1-2H3. The van der Waals surface area contributed by atoms with E-state index in [0.29, 0.717) is 0 Å². The van der Waals surface area contributed by atoms with Gasteiger partial charge in [0, 0.05) is 0 Å². The lowest BCUT2D eigenvalue weighted by atomic mass is 10.0. The van der Waals surface area contributed by atoms with Gasteiger partial charge in [0.25, 0.3) is 0 Å². The van der Waals surface area contributed by atoms with E-state index in [9.17, 15) is 0 Å². The van der Waals surface area contributed by atoms with Crippen LogP contribution in [0.5, 0.6) is 11.5 Å². The molecule has 0 amide bonds. The van der Waals surface area contributed by atoms with Gasteiger partial charge in [-0.2, -0.15) is 0 Å². The summed E-state index contributed by atoms with van der Waals surface area (Å²) < 4.78 is 10.4. The van der Waals surface area contributed by atoms with Crippen molar-refractivity contribution in [3.05, 3.63) is 59.7 Å². The normalized spacial score (nSPS) is 10.6. The second-order valence-electron chi connectivity index (χ2n) is 6.67. The van der Waals surface area contributed by atoms with Crippen molar-refractivity contribution in [1.29, 1.82) is 0 Å². The first-order valence-corrected chi connectivity index (χ1v) is 9.57. The largest absolute Gasteiger partial charge is 0.497 e. The zero-order chi connectivity index (χ0) is 17.7. The van der Waals surface area contributed by atoms with Crippen molar-refractivity contribution in [1.82, 2.24) is 0 Å². The van der Waals surface area contributed by atoms with Crippen LogP contribution in [0, 0.1) is 0 Å². The Balaban J connectivity index is 1.45. The van der Waals surface area contributed by atoms with Gasteiger partial charge in [0.15, 0.2) is 0 Å². The second kappa shape index (κ2) is 11.6. The topological polar surface area (TPSA) is 18.5 Å². The highest BCUT2D eigenvalue weighted by atomic mass is 16.5. The summed E-state index contributed by atoms with van der Waals surface area (Å²) >= 11 is 0. The molecule has 2 aromatic carbocycles. The van der Waals surface area contributed by atoms with Crippen LogP contribution in [0.3, 0.4) is 0 Å². The van der Waals surface area contributed by atoms with Crippen molar-refractivity contribution in [2.75, 3.05) is 14.2 Å². The molecule has 0 aliphatic rings. The third kappa shape index (κ3) is 7.64. The summed E-state index contributed by atoms with van der Waals surface area (Å²) in [6, 6.07) is 16.9. The van der Waals surface area contributed by atoms with Crippen LogP contribution in [0.25, 0.3) is 0 Å². The van der Waals surface area contributed by atoms with Gasteiger partial charge in [-0.15, -0.1) is 0 Å². The molecule has 0 atom stereocenters. The van der Waals surface area contributed by atoms with E-state index in [1.54, 1.807) is 14.2 Å². The number of aryl methyl sites for hydroxylation is 2. The first kappa shape index (κ1) is 19.4. The number of rotatable bonds is 12. The molecule has 136 valence electrons. The maximum absolute atomic E-state index is 5.19. The van der Waals surface area contributed by atoms with Crippen molar-refractivity contribution in [3.63, 3.8) is 0 Å². The van der Waals surface area contributed by atoms with Gasteiger partial charge in [0.05, 0.1) is 14.2 Å². The molecular formula is C23H32O2. The summed E-state index contributed by atoms with van der Waals surface area (Å²) in [5.74, 6) is 1.89. The predicted molar refractivity (Wildman–Crippen MR) is 106 cm³/mol.